The van der Waals surface area contributed by atoms with E-state index in [2.05, 4.69) is 20.7 Å². The summed E-state index contributed by atoms with van der Waals surface area (Å²) in [4.78, 5) is 21.7. The highest BCUT2D eigenvalue weighted by Gasteiger charge is 2.13. The van der Waals surface area contributed by atoms with Gasteiger partial charge < -0.3 is 16.2 Å². The molecule has 0 unspecified atom stereocenters. The molecule has 0 atom stereocenters. The first kappa shape index (κ1) is 11.6. The molecule has 8 heteroatoms. The van der Waals surface area contributed by atoms with E-state index in [0.717, 1.165) is 0 Å². The molecule has 0 spiro atoms. The van der Waals surface area contributed by atoms with Gasteiger partial charge in [-0.3, -0.25) is 4.79 Å². The Balaban J connectivity index is 2.21. The number of hydrogen-bond acceptors (Lipinski definition) is 5. The molecule has 0 fully saturated rings. The Morgan fingerprint density at radius 3 is 2.44 bits per heavy atom. The van der Waals surface area contributed by atoms with E-state index in [4.69, 9.17) is 10.8 Å². The van der Waals surface area contributed by atoms with E-state index in [-0.39, 0.29) is 17.1 Å². The Hall–Kier alpha value is -2.90. The van der Waals surface area contributed by atoms with Crippen molar-refractivity contribution in [1.29, 1.82) is 0 Å². The third kappa shape index (κ3) is 2.26. The van der Waals surface area contributed by atoms with Crippen molar-refractivity contribution in [3.8, 4) is 0 Å². The fourth-order valence-electron chi connectivity index (χ4n) is 1.32. The maximum Gasteiger partial charge on any atom is 0.335 e. The zero-order valence-corrected chi connectivity index (χ0v) is 9.04. The maximum atomic E-state index is 11.0. The van der Waals surface area contributed by atoms with Gasteiger partial charge in [0.15, 0.2) is 11.5 Å². The second kappa shape index (κ2) is 4.53. The summed E-state index contributed by atoms with van der Waals surface area (Å²) in [5, 5.41) is 21.1. The van der Waals surface area contributed by atoms with Crippen LogP contribution in [0.5, 0.6) is 0 Å². The van der Waals surface area contributed by atoms with Crippen LogP contribution in [0, 0.1) is 0 Å². The number of carbonyl (C=O) groups is 2. The Morgan fingerprint density at radius 1 is 1.22 bits per heavy atom. The summed E-state index contributed by atoms with van der Waals surface area (Å²) in [5.41, 5.74) is 5.81. The SMILES string of the molecule is NC(=O)c1n[nH]nc1Nc1ccc(C(=O)O)cc1. The van der Waals surface area contributed by atoms with Crippen molar-refractivity contribution >= 4 is 23.4 Å². The smallest absolute Gasteiger partial charge is 0.335 e. The number of aromatic nitrogens is 3. The molecule has 0 radical (unpaired) electrons. The van der Waals surface area contributed by atoms with E-state index >= 15 is 0 Å². The number of benzene rings is 1. The molecule has 0 aliphatic carbocycles. The summed E-state index contributed by atoms with van der Waals surface area (Å²) in [5.74, 6) is -1.54. The number of nitrogens with zero attached hydrogens (tertiary/aromatic N) is 2. The third-order valence-corrected chi connectivity index (χ3v) is 2.18. The molecule has 1 amide bonds. The molecule has 1 heterocycles. The minimum atomic E-state index is -1.01. The van der Waals surface area contributed by atoms with E-state index in [1.54, 1.807) is 12.1 Å². The van der Waals surface area contributed by atoms with Crippen molar-refractivity contribution in [2.45, 2.75) is 0 Å². The Bertz CT molecular complexity index is 590. The molecule has 2 rings (SSSR count). The van der Waals surface area contributed by atoms with Gasteiger partial charge in [-0.1, -0.05) is 0 Å². The molecule has 5 N–H and O–H groups in total. The second-order valence-electron chi connectivity index (χ2n) is 3.39. The van der Waals surface area contributed by atoms with Crippen LogP contribution in [0.15, 0.2) is 24.3 Å². The van der Waals surface area contributed by atoms with Crippen molar-refractivity contribution < 1.29 is 14.7 Å². The van der Waals surface area contributed by atoms with E-state index in [0.29, 0.717) is 5.69 Å². The van der Waals surface area contributed by atoms with E-state index < -0.39 is 11.9 Å². The number of carboxylic acid groups (broad SMARTS) is 1. The quantitative estimate of drug-likeness (QED) is 0.615. The van der Waals surface area contributed by atoms with Gasteiger partial charge in [-0.25, -0.2) is 4.79 Å². The van der Waals surface area contributed by atoms with Crippen molar-refractivity contribution in [2.24, 2.45) is 5.73 Å². The number of aromatic carboxylic acids is 1. The Labute approximate surface area is 101 Å². The van der Waals surface area contributed by atoms with Gasteiger partial charge in [-0.15, -0.1) is 10.2 Å². The fraction of sp³-hybridized carbons (Fsp3) is 0. The number of primary amides is 1. The van der Waals surface area contributed by atoms with E-state index in [1.165, 1.54) is 12.1 Å². The van der Waals surface area contributed by atoms with E-state index in [9.17, 15) is 9.59 Å². The summed E-state index contributed by atoms with van der Waals surface area (Å²) in [7, 11) is 0. The first-order valence-electron chi connectivity index (χ1n) is 4.89. The zero-order chi connectivity index (χ0) is 13.1. The zero-order valence-electron chi connectivity index (χ0n) is 9.04. The van der Waals surface area contributed by atoms with Crippen molar-refractivity contribution in [1.82, 2.24) is 15.4 Å². The molecule has 1 aromatic carbocycles. The average molecular weight is 247 g/mol. The van der Waals surface area contributed by atoms with Crippen LogP contribution in [0.1, 0.15) is 20.8 Å². The predicted octanol–water partition coefficient (Wildman–Crippen LogP) is 0.345. The van der Waals surface area contributed by atoms with Crippen LogP contribution in [-0.4, -0.2) is 32.4 Å². The van der Waals surface area contributed by atoms with Crippen molar-refractivity contribution in [3.05, 3.63) is 35.5 Å². The maximum absolute atomic E-state index is 11.0. The molecule has 8 nitrogen and oxygen atoms in total. The standard InChI is InChI=1S/C10H9N5O3/c11-8(16)7-9(14-15-13-7)12-6-3-1-5(2-4-6)10(17)18/h1-4H,(H2,11,16)(H,17,18)(H2,12,13,14,15). The highest BCUT2D eigenvalue weighted by molar-refractivity contribution is 5.96. The topological polar surface area (TPSA) is 134 Å². The van der Waals surface area contributed by atoms with Gasteiger partial charge >= 0.3 is 5.97 Å². The largest absolute Gasteiger partial charge is 0.478 e. The number of carboxylic acids is 1. The molecule has 92 valence electrons. The van der Waals surface area contributed by atoms with Gasteiger partial charge in [0.2, 0.25) is 0 Å². The lowest BCUT2D eigenvalue weighted by molar-refractivity contribution is 0.0696. The molecule has 0 bridgehead atoms. The molecule has 0 saturated carbocycles. The number of amides is 1. The summed E-state index contributed by atoms with van der Waals surface area (Å²) in [6.07, 6.45) is 0. The lowest BCUT2D eigenvalue weighted by Crippen LogP contribution is -2.13. The third-order valence-electron chi connectivity index (χ3n) is 2.18. The number of carbonyl (C=O) groups excluding carboxylic acids is 1. The summed E-state index contributed by atoms with van der Waals surface area (Å²) >= 11 is 0. The molecule has 18 heavy (non-hydrogen) atoms. The summed E-state index contributed by atoms with van der Waals surface area (Å²) in [6.45, 7) is 0. The molecular formula is C10H9N5O3. The minimum Gasteiger partial charge on any atom is -0.478 e. The highest BCUT2D eigenvalue weighted by atomic mass is 16.4. The minimum absolute atomic E-state index is 0.0164. The summed E-state index contributed by atoms with van der Waals surface area (Å²) < 4.78 is 0. The van der Waals surface area contributed by atoms with Crippen LogP contribution in [-0.2, 0) is 0 Å². The number of anilines is 2. The number of hydrogen-bond donors (Lipinski definition) is 4. The van der Waals surface area contributed by atoms with E-state index in [1.807, 2.05) is 0 Å². The van der Waals surface area contributed by atoms with Crippen LogP contribution < -0.4 is 11.1 Å². The van der Waals surface area contributed by atoms with Crippen molar-refractivity contribution in [3.63, 3.8) is 0 Å². The summed E-state index contributed by atoms with van der Waals surface area (Å²) in [6, 6.07) is 5.94. The first-order valence-corrected chi connectivity index (χ1v) is 4.89. The average Bonchev–Trinajstić information content (AvgIpc) is 2.78. The van der Waals surface area contributed by atoms with Gasteiger partial charge in [0, 0.05) is 5.69 Å². The number of rotatable bonds is 4. The molecule has 0 saturated heterocycles. The number of aromatic amines is 1. The molecule has 0 aliphatic heterocycles. The lowest BCUT2D eigenvalue weighted by Gasteiger charge is -2.03. The van der Waals surface area contributed by atoms with Gasteiger partial charge in [0.25, 0.3) is 5.91 Å². The Morgan fingerprint density at radius 2 is 1.89 bits per heavy atom. The number of nitrogens with two attached hydrogens (primary N) is 1. The van der Waals surface area contributed by atoms with Crippen LogP contribution >= 0.6 is 0 Å². The van der Waals surface area contributed by atoms with Crippen LogP contribution in [0.2, 0.25) is 0 Å². The van der Waals surface area contributed by atoms with Gasteiger partial charge in [-0.05, 0) is 24.3 Å². The number of H-pyrrole nitrogens is 1. The van der Waals surface area contributed by atoms with Crippen molar-refractivity contribution in [2.75, 3.05) is 5.32 Å². The lowest BCUT2D eigenvalue weighted by atomic mass is 10.2. The van der Waals surface area contributed by atoms with Crippen LogP contribution in [0.3, 0.4) is 0 Å². The van der Waals surface area contributed by atoms with Gasteiger partial charge in [0.1, 0.15) is 0 Å². The Kier molecular flexibility index (Phi) is 2.92. The molecule has 2 aromatic rings. The molecule has 0 aliphatic rings. The second-order valence-corrected chi connectivity index (χ2v) is 3.39. The van der Waals surface area contributed by atoms with Crippen LogP contribution in [0.25, 0.3) is 0 Å². The highest BCUT2D eigenvalue weighted by Crippen LogP contribution is 2.17. The van der Waals surface area contributed by atoms with Gasteiger partial charge in [-0.2, -0.15) is 5.21 Å². The monoisotopic (exact) mass is 247 g/mol. The predicted molar refractivity (Wildman–Crippen MR) is 61.6 cm³/mol. The molecular weight excluding hydrogens is 238 g/mol. The normalized spacial score (nSPS) is 10.0. The fourth-order valence-corrected chi connectivity index (χ4v) is 1.32. The first-order chi connectivity index (χ1) is 8.58. The molecule has 1 aromatic heterocycles. The van der Waals surface area contributed by atoms with Crippen LogP contribution in [0.4, 0.5) is 11.5 Å². The van der Waals surface area contributed by atoms with Gasteiger partial charge in [0.05, 0.1) is 5.56 Å². The number of nitrogens with one attached hydrogen (secondary N) is 2.